The molecule has 0 spiro atoms. The smallest absolute Gasteiger partial charge is 0.270 e. The first-order valence-corrected chi connectivity index (χ1v) is 12.9. The van der Waals surface area contributed by atoms with E-state index in [1.165, 1.54) is 12.1 Å². The summed E-state index contributed by atoms with van der Waals surface area (Å²) < 4.78 is 5.52. The summed E-state index contributed by atoms with van der Waals surface area (Å²) in [6.45, 7) is 6.61. The standard InChI is InChI=1S/C28H30ClN5O5/c1-18(2)30-28(36)22-16-19(31-27(35)21-10-9-20(34(37)38)17-23(21)29)8-11-24(22)32-12-14-33(15-13-32)25-6-4-5-7-26(25)39-3/h4-11,16-18H,12-15H2,1-3H3,(H,30,36)(H,31,35). The zero-order chi connectivity index (χ0) is 28.1. The summed E-state index contributed by atoms with van der Waals surface area (Å²) in [5, 5.41) is 16.6. The molecule has 39 heavy (non-hydrogen) atoms. The van der Waals surface area contributed by atoms with Gasteiger partial charge in [-0.05, 0) is 50.2 Å². The number of carbonyl (C=O) groups is 2. The van der Waals surface area contributed by atoms with Gasteiger partial charge in [-0.1, -0.05) is 23.7 Å². The number of carbonyl (C=O) groups excluding carboxylic acids is 2. The van der Waals surface area contributed by atoms with E-state index in [1.807, 2.05) is 44.2 Å². The number of benzene rings is 3. The van der Waals surface area contributed by atoms with Gasteiger partial charge < -0.3 is 25.2 Å². The van der Waals surface area contributed by atoms with Crippen LogP contribution >= 0.6 is 11.6 Å². The summed E-state index contributed by atoms with van der Waals surface area (Å²) in [6, 6.07) is 16.6. The molecule has 0 aromatic heterocycles. The van der Waals surface area contributed by atoms with E-state index in [1.54, 1.807) is 19.2 Å². The van der Waals surface area contributed by atoms with Crippen molar-refractivity contribution < 1.29 is 19.2 Å². The molecule has 0 bridgehead atoms. The molecule has 4 rings (SSSR count). The molecule has 2 amide bonds. The molecule has 0 saturated carbocycles. The summed E-state index contributed by atoms with van der Waals surface area (Å²) in [6.07, 6.45) is 0. The van der Waals surface area contributed by atoms with E-state index >= 15 is 0 Å². The third kappa shape index (κ3) is 6.40. The number of non-ortho nitro benzene ring substituents is 1. The number of ether oxygens (including phenoxy) is 1. The topological polar surface area (TPSA) is 117 Å². The normalized spacial score (nSPS) is 13.3. The van der Waals surface area contributed by atoms with Gasteiger partial charge in [-0.2, -0.15) is 0 Å². The van der Waals surface area contributed by atoms with Crippen LogP contribution in [0, 0.1) is 10.1 Å². The van der Waals surface area contributed by atoms with E-state index in [2.05, 4.69) is 20.4 Å². The van der Waals surface area contributed by atoms with Gasteiger partial charge in [-0.25, -0.2) is 0 Å². The van der Waals surface area contributed by atoms with E-state index in [4.69, 9.17) is 16.3 Å². The molecule has 10 nitrogen and oxygen atoms in total. The average Bonchev–Trinajstić information content (AvgIpc) is 2.92. The molecule has 0 atom stereocenters. The second-order valence-electron chi connectivity index (χ2n) is 9.38. The minimum absolute atomic E-state index is 0.0380. The molecule has 0 radical (unpaired) electrons. The number of halogens is 1. The molecule has 0 unspecified atom stereocenters. The number of para-hydroxylation sites is 2. The lowest BCUT2D eigenvalue weighted by atomic mass is 10.1. The van der Waals surface area contributed by atoms with E-state index in [9.17, 15) is 19.7 Å². The fourth-order valence-corrected chi connectivity index (χ4v) is 4.75. The van der Waals surface area contributed by atoms with Crippen molar-refractivity contribution in [2.75, 3.05) is 48.4 Å². The number of hydrogen-bond acceptors (Lipinski definition) is 7. The van der Waals surface area contributed by atoms with Crippen molar-refractivity contribution >= 4 is 46.2 Å². The number of anilines is 3. The Kier molecular flexibility index (Phi) is 8.55. The Bertz CT molecular complexity index is 1390. The molecular weight excluding hydrogens is 522 g/mol. The average molecular weight is 552 g/mol. The highest BCUT2D eigenvalue weighted by molar-refractivity contribution is 6.34. The molecule has 3 aromatic carbocycles. The number of piperazine rings is 1. The van der Waals surface area contributed by atoms with Gasteiger partial charge in [0.2, 0.25) is 0 Å². The predicted octanol–water partition coefficient (Wildman–Crippen LogP) is 4.97. The number of amides is 2. The van der Waals surface area contributed by atoms with Crippen LogP contribution in [0.1, 0.15) is 34.6 Å². The molecule has 1 heterocycles. The third-order valence-electron chi connectivity index (χ3n) is 6.37. The number of nitrogens with one attached hydrogen (secondary N) is 2. The Morgan fingerprint density at radius 3 is 2.21 bits per heavy atom. The number of nitrogens with zero attached hydrogens (tertiary/aromatic N) is 3. The van der Waals surface area contributed by atoms with Crippen LogP contribution in [0.3, 0.4) is 0 Å². The zero-order valence-corrected chi connectivity index (χ0v) is 22.7. The van der Waals surface area contributed by atoms with Crippen molar-refractivity contribution in [3.8, 4) is 5.75 Å². The predicted molar refractivity (Wildman–Crippen MR) is 153 cm³/mol. The van der Waals surface area contributed by atoms with Crippen molar-refractivity contribution in [3.63, 3.8) is 0 Å². The molecule has 1 aliphatic heterocycles. The number of hydrogen-bond donors (Lipinski definition) is 2. The van der Waals surface area contributed by atoms with E-state index in [0.29, 0.717) is 24.3 Å². The molecule has 1 fully saturated rings. The third-order valence-corrected chi connectivity index (χ3v) is 6.69. The Balaban J connectivity index is 1.56. The molecule has 11 heteroatoms. The van der Waals surface area contributed by atoms with Gasteiger partial charge in [0.25, 0.3) is 17.5 Å². The van der Waals surface area contributed by atoms with Gasteiger partial charge in [0.05, 0.1) is 33.9 Å². The summed E-state index contributed by atoms with van der Waals surface area (Å²) in [5.41, 5.74) is 2.51. The molecule has 1 saturated heterocycles. The SMILES string of the molecule is COc1ccccc1N1CCN(c2ccc(NC(=O)c3ccc([N+](=O)[O-])cc3Cl)cc2C(=O)NC(C)C)CC1. The molecule has 0 aliphatic carbocycles. The first-order valence-electron chi connectivity index (χ1n) is 12.5. The van der Waals surface area contributed by atoms with Crippen LogP contribution in [0.5, 0.6) is 5.75 Å². The van der Waals surface area contributed by atoms with Gasteiger partial charge in [-0.15, -0.1) is 0 Å². The Morgan fingerprint density at radius 1 is 0.923 bits per heavy atom. The van der Waals surface area contributed by atoms with Gasteiger partial charge in [-0.3, -0.25) is 19.7 Å². The lowest BCUT2D eigenvalue weighted by molar-refractivity contribution is -0.384. The minimum atomic E-state index is -0.581. The molecular formula is C28H30ClN5O5. The highest BCUT2D eigenvalue weighted by atomic mass is 35.5. The van der Waals surface area contributed by atoms with Crippen molar-refractivity contribution in [1.82, 2.24) is 5.32 Å². The monoisotopic (exact) mass is 551 g/mol. The van der Waals surface area contributed by atoms with Crippen LogP contribution in [-0.4, -0.2) is 56.1 Å². The first-order chi connectivity index (χ1) is 18.7. The Morgan fingerprint density at radius 2 is 1.59 bits per heavy atom. The Labute approximate surface area is 231 Å². The highest BCUT2D eigenvalue weighted by Crippen LogP contribution is 2.31. The maximum atomic E-state index is 13.2. The quantitative estimate of drug-likeness (QED) is 0.300. The largest absolute Gasteiger partial charge is 0.495 e. The van der Waals surface area contributed by atoms with E-state index in [-0.39, 0.29) is 28.2 Å². The van der Waals surface area contributed by atoms with Crippen LogP contribution in [-0.2, 0) is 0 Å². The maximum Gasteiger partial charge on any atom is 0.270 e. The lowest BCUT2D eigenvalue weighted by Crippen LogP contribution is -2.47. The molecule has 204 valence electrons. The van der Waals surface area contributed by atoms with Crippen LogP contribution in [0.2, 0.25) is 5.02 Å². The summed E-state index contributed by atoms with van der Waals surface area (Å²) in [4.78, 5) is 40.9. The minimum Gasteiger partial charge on any atom is -0.495 e. The van der Waals surface area contributed by atoms with E-state index < -0.39 is 10.8 Å². The molecule has 2 N–H and O–H groups in total. The molecule has 3 aromatic rings. The van der Waals surface area contributed by atoms with Gasteiger partial charge in [0.1, 0.15) is 5.75 Å². The Hall–Kier alpha value is -4.31. The highest BCUT2D eigenvalue weighted by Gasteiger charge is 2.24. The molecule has 1 aliphatic rings. The number of nitro groups is 1. The number of rotatable bonds is 8. The van der Waals surface area contributed by atoms with Gasteiger partial charge >= 0.3 is 0 Å². The van der Waals surface area contributed by atoms with Crippen LogP contribution in [0.15, 0.2) is 60.7 Å². The van der Waals surface area contributed by atoms with Crippen molar-refractivity contribution in [2.24, 2.45) is 0 Å². The number of methoxy groups -OCH3 is 1. The van der Waals surface area contributed by atoms with E-state index in [0.717, 1.165) is 36.3 Å². The second-order valence-corrected chi connectivity index (χ2v) is 9.79. The van der Waals surface area contributed by atoms with Crippen LogP contribution in [0.25, 0.3) is 0 Å². The van der Waals surface area contributed by atoms with Crippen LogP contribution < -0.4 is 25.2 Å². The van der Waals surface area contributed by atoms with Crippen molar-refractivity contribution in [1.29, 1.82) is 0 Å². The van der Waals surface area contributed by atoms with Gasteiger partial charge in [0, 0.05) is 55.7 Å². The fraction of sp³-hybridized carbons (Fsp3) is 0.286. The summed E-state index contributed by atoms with van der Waals surface area (Å²) >= 11 is 6.13. The second kappa shape index (κ2) is 12.0. The zero-order valence-electron chi connectivity index (χ0n) is 21.9. The fourth-order valence-electron chi connectivity index (χ4n) is 4.49. The van der Waals surface area contributed by atoms with Crippen molar-refractivity contribution in [2.45, 2.75) is 19.9 Å². The lowest BCUT2D eigenvalue weighted by Gasteiger charge is -2.38. The van der Waals surface area contributed by atoms with Crippen molar-refractivity contribution in [3.05, 3.63) is 86.9 Å². The summed E-state index contributed by atoms with van der Waals surface area (Å²) in [7, 11) is 1.66. The van der Waals surface area contributed by atoms with Crippen LogP contribution in [0.4, 0.5) is 22.7 Å². The van der Waals surface area contributed by atoms with Gasteiger partial charge in [0.15, 0.2) is 0 Å². The first kappa shape index (κ1) is 27.7. The maximum absolute atomic E-state index is 13.2. The number of nitro benzene ring substituents is 1. The summed E-state index contributed by atoms with van der Waals surface area (Å²) in [5.74, 6) is 0.0242.